The summed E-state index contributed by atoms with van der Waals surface area (Å²) in [5, 5.41) is 11.7. The third kappa shape index (κ3) is 4.39. The number of halogens is 1. The predicted molar refractivity (Wildman–Crippen MR) is 136 cm³/mol. The summed E-state index contributed by atoms with van der Waals surface area (Å²) in [6.07, 6.45) is 0.526. The van der Waals surface area contributed by atoms with Crippen LogP contribution in [-0.2, 0) is 6.54 Å². The number of amides is 1. The fourth-order valence-electron chi connectivity index (χ4n) is 4.74. The highest BCUT2D eigenvalue weighted by Crippen LogP contribution is 2.28. The fraction of sp³-hybridized carbons (Fsp3) is 0.346. The fourth-order valence-corrected chi connectivity index (χ4v) is 4.74. The molecule has 0 unspecified atom stereocenters. The first-order chi connectivity index (χ1) is 16.9. The lowest BCUT2D eigenvalue weighted by molar-refractivity contribution is 0.0948. The molecule has 1 saturated heterocycles. The Morgan fingerprint density at radius 1 is 1.14 bits per heavy atom. The molecule has 1 aliphatic rings. The maximum atomic E-state index is 13.9. The van der Waals surface area contributed by atoms with Crippen LogP contribution in [0.5, 0.6) is 0 Å². The predicted octanol–water partition coefficient (Wildman–Crippen LogP) is 2.90. The van der Waals surface area contributed by atoms with E-state index in [9.17, 15) is 14.0 Å². The van der Waals surface area contributed by atoms with Crippen LogP contribution >= 0.6 is 0 Å². The molecule has 0 saturated carbocycles. The van der Waals surface area contributed by atoms with Gasteiger partial charge in [-0.1, -0.05) is 12.1 Å². The molecule has 0 atom stereocenters. The first-order valence-corrected chi connectivity index (χ1v) is 11.9. The number of carbonyl (C=O) groups excluding carboxylic acids is 1. The van der Waals surface area contributed by atoms with Gasteiger partial charge in [0, 0.05) is 56.0 Å². The number of aromatic nitrogens is 3. The van der Waals surface area contributed by atoms with E-state index in [1.54, 1.807) is 16.7 Å². The Hall–Kier alpha value is -3.72. The number of piperazine rings is 1. The standard InChI is InChI=1S/C26H29FN6O2/c1-17-23-24(30-29-17)20-16-18(32-14-12-31(2)13-15-32)8-9-22(20)33(26(23)35)11-5-10-28-25(34)19-6-3-4-7-21(19)27/h3-4,6-9,16H,5,10-15H2,1-2H3,(H,28,34)(H,29,30). The van der Waals surface area contributed by atoms with Gasteiger partial charge in [0.2, 0.25) is 0 Å². The molecular formula is C26H29FN6O2. The van der Waals surface area contributed by atoms with Crippen LogP contribution in [0.1, 0.15) is 22.5 Å². The van der Waals surface area contributed by atoms with Crippen LogP contribution in [0.15, 0.2) is 47.3 Å². The third-order valence-electron chi connectivity index (χ3n) is 6.76. The van der Waals surface area contributed by atoms with E-state index in [4.69, 9.17) is 0 Å². The molecule has 1 aliphatic heterocycles. The normalized spacial score (nSPS) is 14.7. The van der Waals surface area contributed by atoms with Crippen molar-refractivity contribution in [1.82, 2.24) is 25.0 Å². The molecule has 0 aliphatic carbocycles. The van der Waals surface area contributed by atoms with Crippen molar-refractivity contribution < 1.29 is 9.18 Å². The first-order valence-electron chi connectivity index (χ1n) is 11.9. The van der Waals surface area contributed by atoms with Crippen molar-refractivity contribution in [2.75, 3.05) is 44.7 Å². The van der Waals surface area contributed by atoms with Gasteiger partial charge < -0.3 is 19.7 Å². The van der Waals surface area contributed by atoms with Crippen LogP contribution in [0.4, 0.5) is 10.1 Å². The number of H-pyrrole nitrogens is 1. The molecule has 1 amide bonds. The number of rotatable bonds is 6. The molecule has 5 rings (SSSR count). The molecule has 3 heterocycles. The highest BCUT2D eigenvalue weighted by molar-refractivity contribution is 6.05. The van der Waals surface area contributed by atoms with Crippen molar-refractivity contribution in [3.8, 4) is 0 Å². The average Bonchev–Trinajstić information content (AvgIpc) is 3.26. The van der Waals surface area contributed by atoms with Crippen LogP contribution in [0, 0.1) is 12.7 Å². The molecular weight excluding hydrogens is 447 g/mol. The number of benzene rings is 2. The molecule has 1 fully saturated rings. The minimum atomic E-state index is -0.552. The second-order valence-corrected chi connectivity index (χ2v) is 9.11. The number of fused-ring (bicyclic) bond motifs is 3. The molecule has 0 bridgehead atoms. The van der Waals surface area contributed by atoms with Gasteiger partial charge in [0.25, 0.3) is 11.5 Å². The van der Waals surface area contributed by atoms with E-state index in [-0.39, 0.29) is 11.1 Å². The van der Waals surface area contributed by atoms with Gasteiger partial charge in [-0.2, -0.15) is 5.10 Å². The van der Waals surface area contributed by atoms with Crippen molar-refractivity contribution in [3.63, 3.8) is 0 Å². The highest BCUT2D eigenvalue weighted by Gasteiger charge is 2.19. The molecule has 9 heteroatoms. The number of aromatic amines is 1. The van der Waals surface area contributed by atoms with Gasteiger partial charge in [0.15, 0.2) is 0 Å². The van der Waals surface area contributed by atoms with Gasteiger partial charge in [-0.15, -0.1) is 0 Å². The summed E-state index contributed by atoms with van der Waals surface area (Å²) in [6, 6.07) is 12.1. The number of likely N-dealkylation sites (N-methyl/N-ethyl adjacent to an activating group) is 1. The maximum Gasteiger partial charge on any atom is 0.262 e. The van der Waals surface area contributed by atoms with Crippen molar-refractivity contribution in [2.24, 2.45) is 0 Å². The van der Waals surface area contributed by atoms with Crippen molar-refractivity contribution in [3.05, 3.63) is 69.9 Å². The van der Waals surface area contributed by atoms with Crippen LogP contribution < -0.4 is 15.8 Å². The summed E-state index contributed by atoms with van der Waals surface area (Å²) in [5.74, 6) is -1.01. The number of aryl methyl sites for hydroxylation is 2. The zero-order valence-electron chi connectivity index (χ0n) is 20.0. The van der Waals surface area contributed by atoms with E-state index in [1.165, 1.54) is 12.1 Å². The SMILES string of the molecule is Cc1[nH]nc2c1c(=O)n(CCCNC(=O)c1ccccc1F)c1ccc(N3CCN(C)CC3)cc21. The summed E-state index contributed by atoms with van der Waals surface area (Å²) in [5.41, 5.74) is 3.26. The Labute approximate surface area is 202 Å². The van der Waals surface area contributed by atoms with Gasteiger partial charge in [0.1, 0.15) is 11.3 Å². The van der Waals surface area contributed by atoms with Gasteiger partial charge in [-0.05, 0) is 50.7 Å². The minimum Gasteiger partial charge on any atom is -0.369 e. The van der Waals surface area contributed by atoms with Gasteiger partial charge in [-0.25, -0.2) is 4.39 Å². The lowest BCUT2D eigenvalue weighted by atomic mass is 10.1. The van der Waals surface area contributed by atoms with Crippen molar-refractivity contribution >= 4 is 33.4 Å². The monoisotopic (exact) mass is 476 g/mol. The number of hydrogen-bond donors (Lipinski definition) is 2. The number of nitrogens with zero attached hydrogens (tertiary/aromatic N) is 4. The number of pyridine rings is 1. The van der Waals surface area contributed by atoms with E-state index >= 15 is 0 Å². The van der Waals surface area contributed by atoms with Crippen molar-refractivity contribution in [2.45, 2.75) is 19.9 Å². The van der Waals surface area contributed by atoms with E-state index < -0.39 is 11.7 Å². The van der Waals surface area contributed by atoms with Gasteiger partial charge >= 0.3 is 0 Å². The van der Waals surface area contributed by atoms with E-state index in [1.807, 2.05) is 13.0 Å². The van der Waals surface area contributed by atoms with Crippen LogP contribution in [0.25, 0.3) is 21.8 Å². The van der Waals surface area contributed by atoms with Crippen LogP contribution in [-0.4, -0.2) is 65.3 Å². The van der Waals surface area contributed by atoms with Gasteiger partial charge in [0.05, 0.1) is 16.5 Å². The summed E-state index contributed by atoms with van der Waals surface area (Å²) >= 11 is 0. The highest BCUT2D eigenvalue weighted by atomic mass is 19.1. The molecule has 4 aromatic rings. The van der Waals surface area contributed by atoms with Crippen LogP contribution in [0.2, 0.25) is 0 Å². The topological polar surface area (TPSA) is 86.3 Å². The largest absolute Gasteiger partial charge is 0.369 e. The smallest absolute Gasteiger partial charge is 0.262 e. The number of anilines is 1. The molecule has 2 aromatic heterocycles. The first kappa shape index (κ1) is 23.0. The van der Waals surface area contributed by atoms with E-state index in [0.29, 0.717) is 30.4 Å². The number of carbonyl (C=O) groups is 1. The van der Waals surface area contributed by atoms with E-state index in [2.05, 4.69) is 44.5 Å². The van der Waals surface area contributed by atoms with E-state index in [0.717, 1.165) is 48.5 Å². The molecule has 2 aromatic carbocycles. The molecule has 0 spiro atoms. The zero-order valence-corrected chi connectivity index (χ0v) is 20.0. The lowest BCUT2D eigenvalue weighted by Crippen LogP contribution is -2.44. The number of nitrogens with one attached hydrogen (secondary N) is 2. The molecule has 8 nitrogen and oxygen atoms in total. The third-order valence-corrected chi connectivity index (χ3v) is 6.76. The molecule has 35 heavy (non-hydrogen) atoms. The zero-order chi connectivity index (χ0) is 24.5. The Morgan fingerprint density at radius 3 is 2.69 bits per heavy atom. The second kappa shape index (κ2) is 9.50. The summed E-state index contributed by atoms with van der Waals surface area (Å²) in [4.78, 5) is 30.4. The minimum absolute atomic E-state index is 0.0157. The Bertz CT molecular complexity index is 1450. The molecule has 0 radical (unpaired) electrons. The quantitative estimate of drug-likeness (QED) is 0.418. The molecule has 182 valence electrons. The average molecular weight is 477 g/mol. The summed E-state index contributed by atoms with van der Waals surface area (Å²) in [6.45, 7) is 6.51. The summed E-state index contributed by atoms with van der Waals surface area (Å²) in [7, 11) is 2.13. The Balaban J connectivity index is 1.41. The maximum absolute atomic E-state index is 13.9. The lowest BCUT2D eigenvalue weighted by Gasteiger charge is -2.34. The van der Waals surface area contributed by atoms with Crippen molar-refractivity contribution in [1.29, 1.82) is 0 Å². The number of hydrogen-bond acceptors (Lipinski definition) is 5. The Morgan fingerprint density at radius 2 is 1.91 bits per heavy atom. The van der Waals surface area contributed by atoms with Crippen LogP contribution in [0.3, 0.4) is 0 Å². The second-order valence-electron chi connectivity index (χ2n) is 9.11. The Kier molecular flexibility index (Phi) is 6.25. The molecule has 2 N–H and O–H groups in total. The van der Waals surface area contributed by atoms with Gasteiger partial charge in [-0.3, -0.25) is 14.7 Å². The summed E-state index contributed by atoms with van der Waals surface area (Å²) < 4.78 is 15.6.